The second-order valence-corrected chi connectivity index (χ2v) is 25.0. The molecule has 5 nitrogen and oxygen atoms in total. The van der Waals surface area contributed by atoms with E-state index in [1.54, 1.807) is 0 Å². The molecule has 0 saturated heterocycles. The molecule has 0 radical (unpaired) electrons. The Kier molecular flexibility index (Phi) is 13.1. The molecule has 8 aromatic carbocycles. The Balaban J connectivity index is 1.09. The van der Waals surface area contributed by atoms with Gasteiger partial charge in [0.2, 0.25) is 0 Å². The summed E-state index contributed by atoms with van der Waals surface area (Å²) in [6, 6.07) is 77.3. The number of benzene rings is 8. The molecule has 0 N–H and O–H groups in total. The quantitative estimate of drug-likeness (QED) is 0.122. The van der Waals surface area contributed by atoms with Crippen molar-refractivity contribution in [2.75, 3.05) is 16.5 Å². The number of aromatic nitrogens is 2. The molecule has 78 heavy (non-hydrogen) atoms. The van der Waals surface area contributed by atoms with Crippen LogP contribution in [0.4, 0.5) is 11.4 Å². The van der Waals surface area contributed by atoms with E-state index in [4.69, 9.17) is 9.72 Å². The summed E-state index contributed by atoms with van der Waals surface area (Å²) in [5.74, 6) is 2.41. The van der Waals surface area contributed by atoms with Gasteiger partial charge in [0.05, 0.1) is 29.1 Å². The van der Waals surface area contributed by atoms with E-state index in [0.717, 1.165) is 34.0 Å². The van der Waals surface area contributed by atoms with E-state index >= 15 is 0 Å². The molecule has 0 spiro atoms. The number of anilines is 2. The second-order valence-electron chi connectivity index (χ2n) is 25.0. The summed E-state index contributed by atoms with van der Waals surface area (Å²) in [7, 11) is 0. The standard InChI is InChI=1S/C73H74N4O/c1-69(2,3)56-42-51(50-28-17-13-18-29-50)43-58(44-56)76-49-75(67(72(9,10)53-32-21-15-22-33-53)68(76)73(11,12)54-34-23-16-24-35-54)57-36-27-37-59(46-57)78-60-47-62(70(4,5)6)66-61-38-25-26-39-63(61)77(64(66)48-60)65-45-55(40-41-74-65)71(7,8)52-30-19-14-20-31-52/h13-48H,49H2,1-12H3. The molecule has 0 bridgehead atoms. The number of rotatable bonds is 12. The highest BCUT2D eigenvalue weighted by atomic mass is 16.5. The fourth-order valence-corrected chi connectivity index (χ4v) is 12.0. The Morgan fingerprint density at radius 3 is 1.53 bits per heavy atom. The van der Waals surface area contributed by atoms with Crippen LogP contribution in [0.1, 0.15) is 116 Å². The molecule has 0 unspecified atom stereocenters. The van der Waals surface area contributed by atoms with Gasteiger partial charge >= 0.3 is 0 Å². The molecule has 0 aliphatic carbocycles. The lowest BCUT2D eigenvalue weighted by Crippen LogP contribution is -2.34. The third-order valence-electron chi connectivity index (χ3n) is 16.5. The average molecular weight is 1020 g/mol. The highest BCUT2D eigenvalue weighted by molar-refractivity contribution is 6.11. The summed E-state index contributed by atoms with van der Waals surface area (Å²) >= 11 is 0. The number of ether oxygens (including phenoxy) is 1. The highest BCUT2D eigenvalue weighted by Gasteiger charge is 2.46. The van der Waals surface area contributed by atoms with Crippen molar-refractivity contribution < 1.29 is 4.74 Å². The first-order valence-electron chi connectivity index (χ1n) is 27.7. The van der Waals surface area contributed by atoms with Crippen molar-refractivity contribution in [3.05, 3.63) is 263 Å². The van der Waals surface area contributed by atoms with Gasteiger partial charge in [0.1, 0.15) is 17.3 Å². The molecule has 1 aliphatic heterocycles. The van der Waals surface area contributed by atoms with Gasteiger partial charge in [0.25, 0.3) is 0 Å². The Hall–Kier alpha value is -8.15. The predicted octanol–water partition coefficient (Wildman–Crippen LogP) is 19.0. The van der Waals surface area contributed by atoms with E-state index in [0.29, 0.717) is 6.67 Å². The number of allylic oxidation sites excluding steroid dienone is 2. The highest BCUT2D eigenvalue weighted by Crippen LogP contribution is 2.52. The zero-order chi connectivity index (χ0) is 54.8. The normalized spacial score (nSPS) is 13.7. The lowest BCUT2D eigenvalue weighted by Gasteiger charge is -2.38. The van der Waals surface area contributed by atoms with Gasteiger partial charge in [0, 0.05) is 56.7 Å². The maximum absolute atomic E-state index is 7.25. The van der Waals surface area contributed by atoms with Gasteiger partial charge in [-0.15, -0.1) is 0 Å². The van der Waals surface area contributed by atoms with Gasteiger partial charge in [-0.3, -0.25) is 4.57 Å². The zero-order valence-corrected chi connectivity index (χ0v) is 47.7. The molecule has 2 aromatic heterocycles. The van der Waals surface area contributed by atoms with Crippen LogP contribution < -0.4 is 14.5 Å². The van der Waals surface area contributed by atoms with Crippen LogP contribution in [0, 0.1) is 0 Å². The lowest BCUT2D eigenvalue weighted by atomic mass is 9.73. The third kappa shape index (κ3) is 9.48. The fourth-order valence-electron chi connectivity index (χ4n) is 12.0. The van der Waals surface area contributed by atoms with Crippen LogP contribution in [-0.4, -0.2) is 16.2 Å². The molecule has 0 amide bonds. The fraction of sp³-hybridized carbons (Fsp3) is 0.247. The monoisotopic (exact) mass is 1020 g/mol. The number of fused-ring (bicyclic) bond motifs is 3. The van der Waals surface area contributed by atoms with Crippen LogP contribution in [0.2, 0.25) is 0 Å². The topological polar surface area (TPSA) is 33.5 Å². The van der Waals surface area contributed by atoms with Crippen LogP contribution in [0.3, 0.4) is 0 Å². The van der Waals surface area contributed by atoms with Gasteiger partial charge in [-0.25, -0.2) is 4.98 Å². The first kappa shape index (κ1) is 51.9. The molecular formula is C73H74N4O. The van der Waals surface area contributed by atoms with Crippen LogP contribution in [-0.2, 0) is 27.1 Å². The van der Waals surface area contributed by atoms with Crippen LogP contribution in [0.25, 0.3) is 38.8 Å². The molecule has 5 heteroatoms. The van der Waals surface area contributed by atoms with Crippen molar-refractivity contribution >= 4 is 33.2 Å². The van der Waals surface area contributed by atoms with Crippen LogP contribution in [0.15, 0.2) is 230 Å². The summed E-state index contributed by atoms with van der Waals surface area (Å²) in [4.78, 5) is 10.3. The molecule has 11 rings (SSSR count). The number of pyridine rings is 1. The molecule has 3 heterocycles. The minimum absolute atomic E-state index is 0.0976. The summed E-state index contributed by atoms with van der Waals surface area (Å²) in [5, 5.41) is 2.40. The number of hydrogen-bond donors (Lipinski definition) is 0. The van der Waals surface area contributed by atoms with Crippen molar-refractivity contribution in [2.45, 2.75) is 110 Å². The maximum atomic E-state index is 7.25. The average Bonchev–Trinajstić information content (AvgIpc) is 4.08. The van der Waals surface area contributed by atoms with Gasteiger partial charge < -0.3 is 14.5 Å². The van der Waals surface area contributed by atoms with Crippen molar-refractivity contribution in [2.24, 2.45) is 0 Å². The molecule has 0 saturated carbocycles. The Morgan fingerprint density at radius 1 is 0.385 bits per heavy atom. The summed E-state index contributed by atoms with van der Waals surface area (Å²) in [6.45, 7) is 28.6. The molecule has 10 aromatic rings. The van der Waals surface area contributed by atoms with Crippen molar-refractivity contribution in [1.82, 2.24) is 9.55 Å². The van der Waals surface area contributed by atoms with E-state index in [-0.39, 0.29) is 16.2 Å². The maximum Gasteiger partial charge on any atom is 0.137 e. The second kappa shape index (κ2) is 19.7. The van der Waals surface area contributed by atoms with E-state index < -0.39 is 10.8 Å². The Bertz CT molecular complexity index is 3830. The first-order chi connectivity index (χ1) is 37.2. The minimum atomic E-state index is -0.445. The van der Waals surface area contributed by atoms with Crippen LogP contribution in [0.5, 0.6) is 11.5 Å². The van der Waals surface area contributed by atoms with E-state index in [2.05, 4.69) is 310 Å². The Morgan fingerprint density at radius 2 is 0.936 bits per heavy atom. The Labute approximate surface area is 463 Å². The first-order valence-corrected chi connectivity index (χ1v) is 27.7. The number of para-hydroxylation sites is 1. The van der Waals surface area contributed by atoms with Crippen molar-refractivity contribution in [1.29, 1.82) is 0 Å². The third-order valence-corrected chi connectivity index (χ3v) is 16.5. The zero-order valence-electron chi connectivity index (χ0n) is 47.7. The summed E-state index contributed by atoms with van der Waals surface area (Å²) < 4.78 is 9.59. The van der Waals surface area contributed by atoms with Gasteiger partial charge in [-0.1, -0.05) is 235 Å². The lowest BCUT2D eigenvalue weighted by molar-refractivity contribution is 0.479. The van der Waals surface area contributed by atoms with E-state index in [9.17, 15) is 0 Å². The molecular weight excluding hydrogens is 949 g/mol. The van der Waals surface area contributed by atoms with E-state index in [1.807, 2.05) is 6.20 Å². The molecule has 0 fully saturated rings. The van der Waals surface area contributed by atoms with Crippen molar-refractivity contribution in [3.8, 4) is 28.4 Å². The summed E-state index contributed by atoms with van der Waals surface area (Å²) in [6.07, 6.45) is 1.96. The van der Waals surface area contributed by atoms with Gasteiger partial charge in [0.15, 0.2) is 0 Å². The van der Waals surface area contributed by atoms with Gasteiger partial charge in [-0.2, -0.15) is 0 Å². The molecule has 0 atom stereocenters. The smallest absolute Gasteiger partial charge is 0.137 e. The summed E-state index contributed by atoms with van der Waals surface area (Å²) in [5.41, 5.74) is 15.3. The predicted molar refractivity (Wildman–Crippen MR) is 329 cm³/mol. The van der Waals surface area contributed by atoms with Crippen molar-refractivity contribution in [3.63, 3.8) is 0 Å². The molecule has 1 aliphatic rings. The number of nitrogens with zero attached hydrogens (tertiary/aromatic N) is 4. The molecule has 392 valence electrons. The largest absolute Gasteiger partial charge is 0.457 e. The minimum Gasteiger partial charge on any atom is -0.457 e. The van der Waals surface area contributed by atoms with E-state index in [1.165, 1.54) is 72.4 Å². The van der Waals surface area contributed by atoms with Crippen LogP contribution >= 0.6 is 0 Å². The SMILES string of the molecule is CC(C)(C)c1cc(-c2ccccc2)cc(N2CN(c3cccc(Oc4cc(C(C)(C)C)c5c6ccccc6n(-c6cc(C(C)(C)c7ccccc7)ccn6)c5c4)c3)C(C(C)(C)c3ccccc3)=C2C(C)(C)c2ccccc2)c1. The van der Waals surface area contributed by atoms with Gasteiger partial charge in [-0.05, 0) is 104 Å². The number of hydrogen-bond acceptors (Lipinski definition) is 4.